The van der Waals surface area contributed by atoms with Gasteiger partial charge in [0.1, 0.15) is 0 Å². The number of aryl methyl sites for hydroxylation is 1. The van der Waals surface area contributed by atoms with Gasteiger partial charge in [-0.25, -0.2) is 4.98 Å². The molecule has 2 aromatic rings. The second kappa shape index (κ2) is 8.36. The minimum Gasteiger partial charge on any atom is -0.378 e. The van der Waals surface area contributed by atoms with Gasteiger partial charge in [0.2, 0.25) is 5.91 Å². The minimum absolute atomic E-state index is 0.0133. The fraction of sp³-hybridized carbons (Fsp3) is 0.500. The fourth-order valence-corrected chi connectivity index (χ4v) is 4.41. The zero-order valence-corrected chi connectivity index (χ0v) is 16.8. The Labute approximate surface area is 168 Å². The first-order valence-corrected chi connectivity index (χ1v) is 10.5. The zero-order chi connectivity index (χ0) is 19.5. The van der Waals surface area contributed by atoms with E-state index < -0.39 is 0 Å². The number of nitrogens with zero attached hydrogens (tertiary/aromatic N) is 4. The van der Waals surface area contributed by atoms with Crippen LogP contribution in [-0.4, -0.2) is 64.4 Å². The van der Waals surface area contributed by atoms with Crippen molar-refractivity contribution < 1.29 is 14.3 Å². The van der Waals surface area contributed by atoms with Gasteiger partial charge in [-0.15, -0.1) is 11.3 Å². The molecule has 28 heavy (non-hydrogen) atoms. The second-order valence-corrected chi connectivity index (χ2v) is 8.22. The van der Waals surface area contributed by atoms with E-state index in [1.165, 1.54) is 0 Å². The summed E-state index contributed by atoms with van der Waals surface area (Å²) >= 11 is 1.56. The quantitative estimate of drug-likeness (QED) is 0.787. The third kappa shape index (κ3) is 4.07. The number of rotatable bonds is 4. The van der Waals surface area contributed by atoms with E-state index in [0.29, 0.717) is 38.3 Å². The zero-order valence-electron chi connectivity index (χ0n) is 16.0. The Morgan fingerprint density at radius 2 is 2.07 bits per heavy atom. The molecule has 2 aliphatic heterocycles. The van der Waals surface area contributed by atoms with Crippen LogP contribution in [0.5, 0.6) is 0 Å². The molecule has 0 radical (unpaired) electrons. The lowest BCUT2D eigenvalue weighted by molar-refractivity contribution is -0.131. The lowest BCUT2D eigenvalue weighted by Crippen LogP contribution is -2.40. The summed E-state index contributed by atoms with van der Waals surface area (Å²) in [5, 5.41) is 2.92. The molecule has 4 rings (SSSR count). The third-order valence-electron chi connectivity index (χ3n) is 5.25. The molecule has 7 nitrogen and oxygen atoms in total. The Morgan fingerprint density at radius 1 is 1.25 bits per heavy atom. The molecule has 2 aromatic heterocycles. The highest BCUT2D eigenvalue weighted by Crippen LogP contribution is 2.31. The smallest absolute Gasteiger partial charge is 0.255 e. The maximum atomic E-state index is 12.8. The van der Waals surface area contributed by atoms with Crippen molar-refractivity contribution in [1.82, 2.24) is 19.8 Å². The monoisotopic (exact) mass is 400 g/mol. The van der Waals surface area contributed by atoms with Crippen LogP contribution >= 0.6 is 11.3 Å². The van der Waals surface area contributed by atoms with Crippen LogP contribution in [0.1, 0.15) is 45.6 Å². The Morgan fingerprint density at radius 3 is 2.75 bits per heavy atom. The number of carbonyl (C=O) groups is 2. The molecule has 2 fully saturated rings. The maximum absolute atomic E-state index is 12.8. The molecule has 0 saturated carbocycles. The van der Waals surface area contributed by atoms with Crippen molar-refractivity contribution in [2.24, 2.45) is 0 Å². The van der Waals surface area contributed by atoms with Gasteiger partial charge in [0.15, 0.2) is 0 Å². The number of hydrogen-bond acceptors (Lipinski definition) is 6. The third-order valence-corrected chi connectivity index (χ3v) is 6.07. The number of amides is 2. The van der Waals surface area contributed by atoms with Gasteiger partial charge in [0.25, 0.3) is 5.91 Å². The SMILES string of the molecule is Cc1nc(CC(=O)N2CCCC2c2ccc(C(=O)N3CCOCC3)cn2)cs1. The summed E-state index contributed by atoms with van der Waals surface area (Å²) in [6.07, 6.45) is 3.82. The number of morpholine rings is 1. The van der Waals surface area contributed by atoms with Crippen molar-refractivity contribution in [2.45, 2.75) is 32.2 Å². The van der Waals surface area contributed by atoms with Crippen molar-refractivity contribution in [3.05, 3.63) is 45.7 Å². The molecule has 8 heteroatoms. The van der Waals surface area contributed by atoms with Crippen LogP contribution in [0.4, 0.5) is 0 Å². The van der Waals surface area contributed by atoms with Crippen LogP contribution in [0.15, 0.2) is 23.7 Å². The first-order valence-electron chi connectivity index (χ1n) is 9.65. The molecule has 1 unspecified atom stereocenters. The van der Waals surface area contributed by atoms with Crippen molar-refractivity contribution in [1.29, 1.82) is 0 Å². The molecule has 1 atom stereocenters. The van der Waals surface area contributed by atoms with Crippen LogP contribution in [0.25, 0.3) is 0 Å². The van der Waals surface area contributed by atoms with Crippen molar-refractivity contribution >= 4 is 23.2 Å². The van der Waals surface area contributed by atoms with Gasteiger partial charge in [0, 0.05) is 31.2 Å². The van der Waals surface area contributed by atoms with Gasteiger partial charge >= 0.3 is 0 Å². The predicted molar refractivity (Wildman–Crippen MR) is 105 cm³/mol. The Kier molecular flexibility index (Phi) is 5.68. The van der Waals surface area contributed by atoms with Crippen molar-refractivity contribution in [2.75, 3.05) is 32.8 Å². The summed E-state index contributed by atoms with van der Waals surface area (Å²) in [6, 6.07) is 3.68. The summed E-state index contributed by atoms with van der Waals surface area (Å²) in [5.74, 6) is 0.0728. The number of aromatic nitrogens is 2. The van der Waals surface area contributed by atoms with E-state index in [4.69, 9.17) is 4.74 Å². The van der Waals surface area contributed by atoms with Gasteiger partial charge in [0.05, 0.1) is 47.6 Å². The van der Waals surface area contributed by atoms with E-state index >= 15 is 0 Å². The van der Waals surface area contributed by atoms with E-state index in [9.17, 15) is 9.59 Å². The number of pyridine rings is 1. The first kappa shape index (κ1) is 19.0. The van der Waals surface area contributed by atoms with Gasteiger partial charge < -0.3 is 14.5 Å². The van der Waals surface area contributed by atoms with E-state index in [1.807, 2.05) is 29.3 Å². The standard InChI is InChI=1S/C20H24N4O3S/c1-14-22-16(13-28-14)11-19(25)24-6-2-3-18(24)17-5-4-15(12-21-17)20(26)23-7-9-27-10-8-23/h4-5,12-13,18H,2-3,6-11H2,1H3. The van der Waals surface area contributed by atoms with Gasteiger partial charge in [-0.2, -0.15) is 0 Å². The number of thiazole rings is 1. The largest absolute Gasteiger partial charge is 0.378 e. The molecule has 0 aromatic carbocycles. The fourth-order valence-electron chi connectivity index (χ4n) is 3.80. The van der Waals surface area contributed by atoms with Gasteiger partial charge in [-0.05, 0) is 31.9 Å². The first-order chi connectivity index (χ1) is 13.6. The van der Waals surface area contributed by atoms with Crippen LogP contribution in [0.2, 0.25) is 0 Å². The maximum Gasteiger partial charge on any atom is 0.255 e. The average Bonchev–Trinajstić information content (AvgIpc) is 3.37. The molecule has 4 heterocycles. The molecular formula is C20H24N4O3S. The molecule has 0 aliphatic carbocycles. The van der Waals surface area contributed by atoms with Crippen LogP contribution in [0.3, 0.4) is 0 Å². The van der Waals surface area contributed by atoms with E-state index in [1.54, 1.807) is 22.4 Å². The molecular weight excluding hydrogens is 376 g/mol. The summed E-state index contributed by atoms with van der Waals surface area (Å²) in [4.78, 5) is 38.0. The lowest BCUT2D eigenvalue weighted by Gasteiger charge is -2.27. The second-order valence-electron chi connectivity index (χ2n) is 7.16. The minimum atomic E-state index is -0.0280. The Hall–Kier alpha value is -2.32. The van der Waals surface area contributed by atoms with Crippen molar-refractivity contribution in [3.8, 4) is 0 Å². The number of hydrogen-bond donors (Lipinski definition) is 0. The normalized spacial score (nSPS) is 19.8. The number of carbonyl (C=O) groups excluding carboxylic acids is 2. The molecule has 2 aliphatic rings. The average molecular weight is 401 g/mol. The van der Waals surface area contributed by atoms with Crippen LogP contribution < -0.4 is 0 Å². The molecule has 0 N–H and O–H groups in total. The lowest BCUT2D eigenvalue weighted by atomic mass is 10.1. The van der Waals surface area contributed by atoms with E-state index in [0.717, 1.165) is 35.8 Å². The van der Waals surface area contributed by atoms with Crippen LogP contribution in [-0.2, 0) is 16.0 Å². The highest BCUT2D eigenvalue weighted by atomic mass is 32.1. The topological polar surface area (TPSA) is 75.6 Å². The summed E-state index contributed by atoms with van der Waals surface area (Å²) < 4.78 is 5.30. The van der Waals surface area contributed by atoms with Crippen LogP contribution in [0, 0.1) is 6.92 Å². The van der Waals surface area contributed by atoms with E-state index in [2.05, 4.69) is 9.97 Å². The molecule has 0 bridgehead atoms. The van der Waals surface area contributed by atoms with Crippen molar-refractivity contribution in [3.63, 3.8) is 0 Å². The molecule has 0 spiro atoms. The molecule has 2 amide bonds. The van der Waals surface area contributed by atoms with Gasteiger partial charge in [-0.3, -0.25) is 14.6 Å². The Balaban J connectivity index is 1.43. The highest BCUT2D eigenvalue weighted by Gasteiger charge is 2.31. The molecule has 2 saturated heterocycles. The summed E-state index contributed by atoms with van der Waals surface area (Å²) in [7, 11) is 0. The highest BCUT2D eigenvalue weighted by molar-refractivity contribution is 7.09. The predicted octanol–water partition coefficient (Wildman–Crippen LogP) is 2.23. The number of ether oxygens (including phenoxy) is 1. The summed E-state index contributed by atoms with van der Waals surface area (Å²) in [6.45, 7) is 5.07. The van der Waals surface area contributed by atoms with Gasteiger partial charge in [-0.1, -0.05) is 0 Å². The Bertz CT molecular complexity index is 845. The number of likely N-dealkylation sites (tertiary alicyclic amines) is 1. The molecule has 148 valence electrons. The summed E-state index contributed by atoms with van der Waals surface area (Å²) in [5.41, 5.74) is 2.26. The van der Waals surface area contributed by atoms with E-state index in [-0.39, 0.29) is 17.9 Å².